The molecule has 0 spiro atoms. The third-order valence-corrected chi connectivity index (χ3v) is 3.99. The topological polar surface area (TPSA) is 98.5 Å². The van der Waals surface area contributed by atoms with Crippen LogP contribution in [0.1, 0.15) is 51.7 Å². The highest BCUT2D eigenvalue weighted by Crippen LogP contribution is 2.30. The largest absolute Gasteiger partial charge is 0.462 e. The number of alkyl halides is 3. The zero-order chi connectivity index (χ0) is 21.8. The van der Waals surface area contributed by atoms with E-state index in [1.807, 2.05) is 0 Å². The molecule has 0 saturated heterocycles. The summed E-state index contributed by atoms with van der Waals surface area (Å²) in [6.07, 6.45) is -4.47. The summed E-state index contributed by atoms with van der Waals surface area (Å²) in [5.74, 6) is -1.55. The van der Waals surface area contributed by atoms with Crippen LogP contribution in [0.4, 0.5) is 18.9 Å². The van der Waals surface area contributed by atoms with Crippen LogP contribution in [-0.2, 0) is 10.9 Å². The minimum absolute atomic E-state index is 0.0496. The summed E-state index contributed by atoms with van der Waals surface area (Å²) in [5, 5.41) is 13.6. The zero-order valence-electron chi connectivity index (χ0n) is 15.4. The lowest BCUT2D eigenvalue weighted by molar-refractivity contribution is -0.384. The summed E-state index contributed by atoms with van der Waals surface area (Å²) in [4.78, 5) is 34.7. The molecule has 0 saturated carbocycles. The predicted octanol–water partition coefficient (Wildman–Crippen LogP) is 4.28. The molecule has 2 rings (SSSR count). The van der Waals surface area contributed by atoms with Crippen molar-refractivity contribution >= 4 is 17.6 Å². The van der Waals surface area contributed by atoms with E-state index < -0.39 is 40.3 Å². The van der Waals surface area contributed by atoms with E-state index >= 15 is 0 Å². The van der Waals surface area contributed by atoms with Crippen LogP contribution in [-0.4, -0.2) is 23.4 Å². The highest BCUT2D eigenvalue weighted by Gasteiger charge is 2.30. The zero-order valence-corrected chi connectivity index (χ0v) is 15.4. The van der Waals surface area contributed by atoms with Gasteiger partial charge < -0.3 is 10.1 Å². The number of nitro benzene ring substituents is 1. The fourth-order valence-corrected chi connectivity index (χ4v) is 2.50. The Labute approximate surface area is 163 Å². The number of amides is 1. The fraction of sp³-hybridized carbons (Fsp3) is 0.263. The number of nitrogens with one attached hydrogen (secondary N) is 1. The maximum Gasteiger partial charge on any atom is 0.416 e. The molecule has 1 atom stereocenters. The third kappa shape index (κ3) is 5.53. The highest BCUT2D eigenvalue weighted by atomic mass is 19.4. The van der Waals surface area contributed by atoms with Crippen molar-refractivity contribution in [2.24, 2.45) is 0 Å². The minimum atomic E-state index is -4.47. The first kappa shape index (κ1) is 21.9. The molecular formula is C19H17F3N2O5. The molecule has 1 N–H and O–H groups in total. The van der Waals surface area contributed by atoms with Crippen molar-refractivity contribution in [1.29, 1.82) is 0 Å². The van der Waals surface area contributed by atoms with E-state index in [1.165, 1.54) is 12.1 Å². The van der Waals surface area contributed by atoms with E-state index in [-0.39, 0.29) is 17.7 Å². The lowest BCUT2D eigenvalue weighted by Crippen LogP contribution is -2.27. The number of carbonyl (C=O) groups excluding carboxylic acids is 2. The molecule has 2 aromatic carbocycles. The monoisotopic (exact) mass is 410 g/mol. The van der Waals surface area contributed by atoms with Gasteiger partial charge in [-0.2, -0.15) is 13.2 Å². The molecule has 0 radical (unpaired) electrons. The van der Waals surface area contributed by atoms with Crippen molar-refractivity contribution in [3.05, 3.63) is 74.8 Å². The number of carbonyl (C=O) groups is 2. The maximum atomic E-state index is 12.7. The summed E-state index contributed by atoms with van der Waals surface area (Å²) < 4.78 is 42.8. The second-order valence-corrected chi connectivity index (χ2v) is 6.06. The van der Waals surface area contributed by atoms with Gasteiger partial charge in [-0.1, -0.05) is 12.1 Å². The van der Waals surface area contributed by atoms with Crippen molar-refractivity contribution in [1.82, 2.24) is 5.32 Å². The molecular weight excluding hydrogens is 393 g/mol. The average Bonchev–Trinajstić information content (AvgIpc) is 2.67. The second-order valence-electron chi connectivity index (χ2n) is 6.06. The van der Waals surface area contributed by atoms with Crippen molar-refractivity contribution < 1.29 is 32.4 Å². The number of benzene rings is 2. The van der Waals surface area contributed by atoms with Crippen molar-refractivity contribution in [2.45, 2.75) is 26.1 Å². The van der Waals surface area contributed by atoms with Crippen LogP contribution in [0.5, 0.6) is 0 Å². The number of hydrogen-bond acceptors (Lipinski definition) is 5. The van der Waals surface area contributed by atoms with Crippen LogP contribution in [0.3, 0.4) is 0 Å². The fourth-order valence-electron chi connectivity index (χ4n) is 2.50. The third-order valence-electron chi connectivity index (χ3n) is 3.99. The van der Waals surface area contributed by atoms with Gasteiger partial charge in [-0.3, -0.25) is 14.9 Å². The number of nitrogens with zero attached hydrogens (tertiary/aromatic N) is 1. The summed E-state index contributed by atoms with van der Waals surface area (Å²) in [7, 11) is 0. The molecule has 29 heavy (non-hydrogen) atoms. The predicted molar refractivity (Wildman–Crippen MR) is 96.4 cm³/mol. The molecule has 0 aliphatic carbocycles. The summed E-state index contributed by atoms with van der Waals surface area (Å²) in [6.45, 7) is 3.16. The molecule has 10 heteroatoms. The van der Waals surface area contributed by atoms with Gasteiger partial charge in [-0.05, 0) is 37.6 Å². The summed E-state index contributed by atoms with van der Waals surface area (Å²) >= 11 is 0. The van der Waals surface area contributed by atoms with Gasteiger partial charge in [0.15, 0.2) is 0 Å². The van der Waals surface area contributed by atoms with Crippen LogP contribution in [0.2, 0.25) is 0 Å². The molecule has 2 aromatic rings. The van der Waals surface area contributed by atoms with Crippen LogP contribution < -0.4 is 5.32 Å². The van der Waals surface area contributed by atoms with Crippen LogP contribution in [0.25, 0.3) is 0 Å². The molecule has 0 aliphatic heterocycles. The lowest BCUT2D eigenvalue weighted by Gasteiger charge is -2.16. The van der Waals surface area contributed by atoms with Gasteiger partial charge in [-0.15, -0.1) is 0 Å². The van der Waals surface area contributed by atoms with E-state index in [2.05, 4.69) is 5.32 Å². The highest BCUT2D eigenvalue weighted by molar-refractivity contribution is 5.99. The van der Waals surface area contributed by atoms with Crippen LogP contribution >= 0.6 is 0 Å². The Morgan fingerprint density at radius 3 is 2.24 bits per heavy atom. The minimum Gasteiger partial charge on any atom is -0.462 e. The summed E-state index contributed by atoms with van der Waals surface area (Å²) in [5.41, 5.74) is -1.20. The van der Waals surface area contributed by atoms with Gasteiger partial charge in [0.2, 0.25) is 0 Å². The molecule has 0 aromatic heterocycles. The number of nitro groups is 1. The lowest BCUT2D eigenvalue weighted by atomic mass is 10.0. The second kappa shape index (κ2) is 8.72. The number of hydrogen-bond donors (Lipinski definition) is 1. The standard InChI is InChI=1S/C19H17F3N2O5/c1-3-29-18(26)14-8-13(9-16(10-14)24(27)28)17(25)23-11(2)12-4-6-15(7-5-12)19(20,21)22/h4-11H,3H2,1-2H3,(H,23,25). The van der Waals surface area contributed by atoms with E-state index in [0.717, 1.165) is 30.3 Å². The first-order valence-electron chi connectivity index (χ1n) is 8.47. The smallest absolute Gasteiger partial charge is 0.416 e. The van der Waals surface area contributed by atoms with Crippen LogP contribution in [0.15, 0.2) is 42.5 Å². The molecule has 0 aliphatic rings. The first-order valence-corrected chi connectivity index (χ1v) is 8.47. The molecule has 1 unspecified atom stereocenters. The van der Waals surface area contributed by atoms with E-state index in [1.54, 1.807) is 13.8 Å². The Hall–Kier alpha value is -3.43. The number of non-ortho nitro benzene ring substituents is 1. The van der Waals surface area contributed by atoms with E-state index in [0.29, 0.717) is 5.56 Å². The van der Waals surface area contributed by atoms with E-state index in [9.17, 15) is 32.9 Å². The van der Waals surface area contributed by atoms with Gasteiger partial charge in [0, 0.05) is 17.7 Å². The van der Waals surface area contributed by atoms with Gasteiger partial charge in [0.1, 0.15) is 0 Å². The van der Waals surface area contributed by atoms with E-state index in [4.69, 9.17) is 4.74 Å². The van der Waals surface area contributed by atoms with Crippen molar-refractivity contribution in [3.8, 4) is 0 Å². The Bertz CT molecular complexity index is 926. The molecule has 0 fully saturated rings. The normalized spacial score (nSPS) is 12.2. The number of esters is 1. The summed E-state index contributed by atoms with van der Waals surface area (Å²) in [6, 6.07) is 6.70. The van der Waals surface area contributed by atoms with Crippen LogP contribution in [0, 0.1) is 10.1 Å². The SMILES string of the molecule is CCOC(=O)c1cc(C(=O)NC(C)c2ccc(C(F)(F)F)cc2)cc([N+](=O)[O-])c1. The molecule has 0 bridgehead atoms. The Morgan fingerprint density at radius 1 is 1.14 bits per heavy atom. The molecule has 1 amide bonds. The Kier molecular flexibility index (Phi) is 6.57. The van der Waals surface area contributed by atoms with Gasteiger partial charge in [0.05, 0.1) is 28.7 Å². The van der Waals surface area contributed by atoms with Crippen molar-refractivity contribution in [2.75, 3.05) is 6.61 Å². The number of halogens is 3. The number of rotatable bonds is 6. The average molecular weight is 410 g/mol. The Balaban J connectivity index is 2.25. The Morgan fingerprint density at radius 2 is 1.72 bits per heavy atom. The van der Waals surface area contributed by atoms with Gasteiger partial charge in [0.25, 0.3) is 11.6 Å². The van der Waals surface area contributed by atoms with Gasteiger partial charge >= 0.3 is 12.1 Å². The molecule has 154 valence electrons. The molecule has 0 heterocycles. The first-order chi connectivity index (χ1) is 13.5. The van der Waals surface area contributed by atoms with Gasteiger partial charge in [-0.25, -0.2) is 4.79 Å². The quantitative estimate of drug-likeness (QED) is 0.435. The number of ether oxygens (including phenoxy) is 1. The van der Waals surface area contributed by atoms with Crippen molar-refractivity contribution in [3.63, 3.8) is 0 Å². The maximum absolute atomic E-state index is 12.7. The molecule has 7 nitrogen and oxygen atoms in total.